The van der Waals surface area contributed by atoms with Crippen molar-refractivity contribution in [3.8, 4) is 11.8 Å². The minimum Gasteiger partial charge on any atom is -0.496 e. The Morgan fingerprint density at radius 3 is 2.40 bits per heavy atom. The highest BCUT2D eigenvalue weighted by Gasteiger charge is 2.07. The smallest absolute Gasteiger partial charge is 0.322 e. The maximum absolute atomic E-state index is 5.18. The van der Waals surface area contributed by atoms with Gasteiger partial charge in [-0.25, -0.2) is 0 Å². The Labute approximate surface area is 124 Å². The van der Waals surface area contributed by atoms with E-state index in [0.717, 1.165) is 15.9 Å². The Morgan fingerprint density at radius 1 is 1.05 bits per heavy atom. The molecule has 0 fully saturated rings. The van der Waals surface area contributed by atoms with Gasteiger partial charge in [0.25, 0.3) is 0 Å². The number of methoxy groups -OCH3 is 2. The number of benzene rings is 1. The van der Waals surface area contributed by atoms with Crippen LogP contribution in [0.15, 0.2) is 22.7 Å². The van der Waals surface area contributed by atoms with Crippen molar-refractivity contribution in [1.29, 1.82) is 0 Å². The molecule has 0 unspecified atom stereocenters. The molecule has 0 bridgehead atoms. The van der Waals surface area contributed by atoms with Crippen LogP contribution in [-0.4, -0.2) is 36.2 Å². The van der Waals surface area contributed by atoms with Crippen molar-refractivity contribution in [3.05, 3.63) is 22.7 Å². The van der Waals surface area contributed by atoms with Crippen LogP contribution in [-0.2, 0) is 0 Å². The number of ether oxygens (including phenoxy) is 2. The number of nitrogens with one attached hydrogen (secondary N) is 2. The van der Waals surface area contributed by atoms with E-state index in [1.807, 2.05) is 18.2 Å². The van der Waals surface area contributed by atoms with E-state index in [1.54, 1.807) is 14.2 Å². The fraction of sp³-hybridized carbons (Fsp3) is 0.250. The molecule has 2 N–H and O–H groups in total. The third-order valence-electron chi connectivity index (χ3n) is 2.43. The first-order valence-electron chi connectivity index (χ1n) is 5.74. The van der Waals surface area contributed by atoms with E-state index in [-0.39, 0.29) is 6.01 Å². The maximum Gasteiger partial charge on any atom is 0.322 e. The average molecular weight is 340 g/mol. The predicted molar refractivity (Wildman–Crippen MR) is 79.9 cm³/mol. The quantitative estimate of drug-likeness (QED) is 0.865. The molecule has 2 rings (SSSR count). The molecule has 0 aliphatic heterocycles. The Morgan fingerprint density at radius 2 is 1.80 bits per heavy atom. The monoisotopic (exact) mass is 339 g/mol. The minimum absolute atomic E-state index is 0.236. The lowest BCUT2D eigenvalue weighted by Gasteiger charge is -2.09. The van der Waals surface area contributed by atoms with E-state index in [1.165, 1.54) is 7.11 Å². The molecule has 1 aromatic heterocycles. The van der Waals surface area contributed by atoms with Gasteiger partial charge in [-0.3, -0.25) is 0 Å². The summed E-state index contributed by atoms with van der Waals surface area (Å²) in [7, 11) is 4.84. The highest BCUT2D eigenvalue weighted by Crippen LogP contribution is 2.28. The van der Waals surface area contributed by atoms with Crippen molar-refractivity contribution >= 4 is 33.5 Å². The van der Waals surface area contributed by atoms with E-state index in [0.29, 0.717) is 11.9 Å². The molecule has 1 aromatic carbocycles. The van der Waals surface area contributed by atoms with Gasteiger partial charge in [0, 0.05) is 12.7 Å². The third-order valence-corrected chi connectivity index (χ3v) is 3.05. The van der Waals surface area contributed by atoms with Gasteiger partial charge in [-0.1, -0.05) is 0 Å². The zero-order chi connectivity index (χ0) is 14.5. The minimum atomic E-state index is 0.236. The molecule has 0 radical (unpaired) electrons. The number of aromatic nitrogens is 3. The molecule has 0 amide bonds. The fourth-order valence-electron chi connectivity index (χ4n) is 1.49. The average Bonchev–Trinajstić information content (AvgIpc) is 2.47. The second kappa shape index (κ2) is 6.38. The summed E-state index contributed by atoms with van der Waals surface area (Å²) in [6.45, 7) is 0. The van der Waals surface area contributed by atoms with Crippen LogP contribution in [0.1, 0.15) is 0 Å². The van der Waals surface area contributed by atoms with Gasteiger partial charge in [0.05, 0.1) is 18.7 Å². The van der Waals surface area contributed by atoms with E-state index >= 15 is 0 Å². The molecule has 2 aromatic rings. The summed E-state index contributed by atoms with van der Waals surface area (Å²) in [5.41, 5.74) is 0.813. The van der Waals surface area contributed by atoms with Gasteiger partial charge in [0.1, 0.15) is 5.75 Å². The Balaban J connectivity index is 2.27. The number of anilines is 3. The van der Waals surface area contributed by atoms with Crippen molar-refractivity contribution in [2.24, 2.45) is 0 Å². The molecular weight excluding hydrogens is 326 g/mol. The molecule has 0 saturated carbocycles. The third kappa shape index (κ3) is 3.27. The molecule has 0 saturated heterocycles. The molecule has 7 nitrogen and oxygen atoms in total. The van der Waals surface area contributed by atoms with Crippen molar-refractivity contribution < 1.29 is 9.47 Å². The summed E-state index contributed by atoms with van der Waals surface area (Å²) in [6, 6.07) is 5.80. The number of hydrogen-bond acceptors (Lipinski definition) is 7. The van der Waals surface area contributed by atoms with Gasteiger partial charge in [-0.2, -0.15) is 15.0 Å². The van der Waals surface area contributed by atoms with Gasteiger partial charge >= 0.3 is 6.01 Å². The van der Waals surface area contributed by atoms with Crippen LogP contribution < -0.4 is 20.1 Å². The molecular formula is C12H14BrN5O2. The highest BCUT2D eigenvalue weighted by atomic mass is 79.9. The van der Waals surface area contributed by atoms with Crippen molar-refractivity contribution in [2.75, 3.05) is 31.9 Å². The molecule has 106 valence electrons. The summed E-state index contributed by atoms with van der Waals surface area (Å²) in [5.74, 6) is 1.56. The van der Waals surface area contributed by atoms with E-state index in [9.17, 15) is 0 Å². The van der Waals surface area contributed by atoms with Crippen LogP contribution in [0.25, 0.3) is 0 Å². The van der Waals surface area contributed by atoms with Crippen LogP contribution in [0.4, 0.5) is 17.6 Å². The van der Waals surface area contributed by atoms with Gasteiger partial charge in [-0.05, 0) is 34.1 Å². The summed E-state index contributed by atoms with van der Waals surface area (Å²) in [6.07, 6.45) is 0. The number of rotatable bonds is 5. The Kier molecular flexibility index (Phi) is 4.57. The van der Waals surface area contributed by atoms with E-state index in [2.05, 4.69) is 41.5 Å². The maximum atomic E-state index is 5.18. The first kappa shape index (κ1) is 14.3. The zero-order valence-corrected chi connectivity index (χ0v) is 12.9. The van der Waals surface area contributed by atoms with Gasteiger partial charge < -0.3 is 20.1 Å². The fourth-order valence-corrected chi connectivity index (χ4v) is 2.03. The van der Waals surface area contributed by atoms with Crippen LogP contribution in [0, 0.1) is 0 Å². The van der Waals surface area contributed by atoms with Crippen LogP contribution in [0.2, 0.25) is 0 Å². The van der Waals surface area contributed by atoms with Gasteiger partial charge in [0.15, 0.2) is 0 Å². The largest absolute Gasteiger partial charge is 0.496 e. The van der Waals surface area contributed by atoms with Crippen molar-refractivity contribution in [3.63, 3.8) is 0 Å². The van der Waals surface area contributed by atoms with Crippen LogP contribution >= 0.6 is 15.9 Å². The first-order chi connectivity index (χ1) is 9.66. The molecule has 0 aliphatic carbocycles. The second-order valence-corrected chi connectivity index (χ2v) is 4.55. The lowest BCUT2D eigenvalue weighted by atomic mass is 10.3. The highest BCUT2D eigenvalue weighted by molar-refractivity contribution is 9.10. The SMILES string of the molecule is CNc1nc(Nc2ccc(OC)c(Br)c2)nc(OC)n1. The summed E-state index contributed by atoms with van der Waals surface area (Å²) in [5, 5.41) is 5.92. The molecule has 0 atom stereocenters. The second-order valence-electron chi connectivity index (χ2n) is 3.69. The van der Waals surface area contributed by atoms with E-state index < -0.39 is 0 Å². The van der Waals surface area contributed by atoms with E-state index in [4.69, 9.17) is 9.47 Å². The molecule has 20 heavy (non-hydrogen) atoms. The first-order valence-corrected chi connectivity index (χ1v) is 6.54. The topological polar surface area (TPSA) is 81.2 Å². The lowest BCUT2D eigenvalue weighted by molar-refractivity contribution is 0.379. The molecule has 1 heterocycles. The normalized spacial score (nSPS) is 10.0. The molecule has 0 aliphatic rings. The number of hydrogen-bond donors (Lipinski definition) is 2. The number of halogens is 1. The number of nitrogens with zero attached hydrogens (tertiary/aromatic N) is 3. The Bertz CT molecular complexity index is 586. The lowest BCUT2D eigenvalue weighted by Crippen LogP contribution is -2.05. The molecule has 0 spiro atoms. The zero-order valence-electron chi connectivity index (χ0n) is 11.3. The van der Waals surface area contributed by atoms with Crippen molar-refractivity contribution in [1.82, 2.24) is 15.0 Å². The summed E-state index contributed by atoms with van der Waals surface area (Å²) in [4.78, 5) is 12.4. The van der Waals surface area contributed by atoms with Gasteiger partial charge in [0.2, 0.25) is 11.9 Å². The summed E-state index contributed by atoms with van der Waals surface area (Å²) >= 11 is 3.42. The van der Waals surface area contributed by atoms with Crippen LogP contribution in [0.3, 0.4) is 0 Å². The molecule has 8 heteroatoms. The van der Waals surface area contributed by atoms with Crippen LogP contribution in [0.5, 0.6) is 11.8 Å². The standard InChI is InChI=1S/C12H14BrN5O2/c1-14-10-16-11(18-12(17-10)20-3)15-7-4-5-9(19-2)8(13)6-7/h4-6H,1-3H3,(H2,14,15,16,17,18). The summed E-state index contributed by atoms with van der Waals surface area (Å²) < 4.78 is 11.0. The predicted octanol–water partition coefficient (Wildman–Crippen LogP) is 2.44. The van der Waals surface area contributed by atoms with Crippen molar-refractivity contribution in [2.45, 2.75) is 0 Å². The Hall–Kier alpha value is -2.09. The van der Waals surface area contributed by atoms with Gasteiger partial charge in [-0.15, -0.1) is 0 Å².